The first-order valence-corrected chi connectivity index (χ1v) is 6.46. The lowest BCUT2D eigenvalue weighted by atomic mass is 9.89. The maximum Gasteiger partial charge on any atom is 0.349 e. The van der Waals surface area contributed by atoms with Gasteiger partial charge < -0.3 is 10.1 Å². The van der Waals surface area contributed by atoms with Crippen LogP contribution in [0.5, 0.6) is 5.88 Å². The van der Waals surface area contributed by atoms with Gasteiger partial charge in [0.25, 0.3) is 5.88 Å². The highest BCUT2D eigenvalue weighted by Crippen LogP contribution is 2.30. The molecule has 0 bridgehead atoms. The summed E-state index contributed by atoms with van der Waals surface area (Å²) in [5.41, 5.74) is -0.183. The molecule has 0 unspecified atom stereocenters. The van der Waals surface area contributed by atoms with Gasteiger partial charge >= 0.3 is 5.69 Å². The summed E-state index contributed by atoms with van der Waals surface area (Å²) in [5.74, 6) is 1.08. The number of anilines is 1. The average molecular weight is 266 g/mol. The fraction of sp³-hybridized carbons (Fsp3) is 0.667. The summed E-state index contributed by atoms with van der Waals surface area (Å²) in [4.78, 5) is 18.3. The zero-order valence-electron chi connectivity index (χ0n) is 11.1. The number of nitrogens with one attached hydrogen (secondary N) is 1. The Labute approximate surface area is 111 Å². The van der Waals surface area contributed by atoms with E-state index < -0.39 is 4.92 Å². The molecule has 0 saturated heterocycles. The minimum absolute atomic E-state index is 0.00880. The highest BCUT2D eigenvalue weighted by Gasteiger charge is 2.25. The molecule has 0 amide bonds. The Kier molecular flexibility index (Phi) is 4.13. The van der Waals surface area contributed by atoms with Crippen molar-refractivity contribution in [3.63, 3.8) is 0 Å². The molecule has 19 heavy (non-hydrogen) atoms. The fourth-order valence-electron chi connectivity index (χ4n) is 2.20. The van der Waals surface area contributed by atoms with E-state index in [0.717, 1.165) is 25.7 Å². The van der Waals surface area contributed by atoms with Gasteiger partial charge in [-0.2, -0.15) is 4.98 Å². The maximum absolute atomic E-state index is 10.9. The Morgan fingerprint density at radius 2 is 2.11 bits per heavy atom. The molecule has 1 N–H and O–H groups in total. The second kappa shape index (κ2) is 5.81. The van der Waals surface area contributed by atoms with Gasteiger partial charge in [0.05, 0.1) is 4.92 Å². The summed E-state index contributed by atoms with van der Waals surface area (Å²) >= 11 is 0. The van der Waals surface area contributed by atoms with Gasteiger partial charge in [0.2, 0.25) is 5.95 Å². The van der Waals surface area contributed by atoms with Crippen LogP contribution in [0, 0.1) is 16.0 Å². The molecule has 0 aliphatic heterocycles. The molecule has 1 aliphatic carbocycles. The topological polar surface area (TPSA) is 90.2 Å². The van der Waals surface area contributed by atoms with Crippen LogP contribution in [-0.4, -0.2) is 28.0 Å². The molecule has 0 atom stereocenters. The van der Waals surface area contributed by atoms with E-state index in [0.29, 0.717) is 11.9 Å². The van der Waals surface area contributed by atoms with Gasteiger partial charge in [0.1, 0.15) is 12.3 Å². The number of hydrogen-bond donors (Lipinski definition) is 1. The summed E-state index contributed by atoms with van der Waals surface area (Å²) in [7, 11) is 1.66. The molecule has 7 nitrogen and oxygen atoms in total. The third-order valence-corrected chi connectivity index (χ3v) is 3.40. The monoisotopic (exact) mass is 266 g/mol. The summed E-state index contributed by atoms with van der Waals surface area (Å²) in [5, 5.41) is 13.7. The lowest BCUT2D eigenvalue weighted by Crippen LogP contribution is -2.24. The van der Waals surface area contributed by atoms with Crippen molar-refractivity contribution < 1.29 is 9.66 Å². The number of rotatable bonds is 4. The van der Waals surface area contributed by atoms with Crippen LogP contribution in [0.4, 0.5) is 11.6 Å². The molecule has 1 aliphatic rings. The number of ether oxygens (including phenoxy) is 1. The third-order valence-electron chi connectivity index (χ3n) is 3.40. The molecule has 1 saturated carbocycles. The lowest BCUT2D eigenvalue weighted by molar-refractivity contribution is -0.386. The van der Waals surface area contributed by atoms with E-state index >= 15 is 0 Å². The molecular formula is C12H18N4O3. The van der Waals surface area contributed by atoms with Gasteiger partial charge in [-0.1, -0.05) is 6.92 Å². The number of hydrogen-bond acceptors (Lipinski definition) is 6. The van der Waals surface area contributed by atoms with Crippen LogP contribution in [0.25, 0.3) is 0 Å². The third kappa shape index (κ3) is 3.30. The van der Waals surface area contributed by atoms with Crippen molar-refractivity contribution in [1.82, 2.24) is 9.97 Å². The number of nitro groups is 1. The highest BCUT2D eigenvalue weighted by molar-refractivity contribution is 5.43. The van der Waals surface area contributed by atoms with Crippen molar-refractivity contribution in [2.24, 2.45) is 5.92 Å². The molecule has 1 fully saturated rings. The van der Waals surface area contributed by atoms with Crippen LogP contribution < -0.4 is 10.1 Å². The average Bonchev–Trinajstić information content (AvgIpc) is 2.41. The zero-order chi connectivity index (χ0) is 13.8. The molecule has 0 aromatic carbocycles. The first kappa shape index (κ1) is 13.5. The summed E-state index contributed by atoms with van der Waals surface area (Å²) in [6, 6.07) is 0. The van der Waals surface area contributed by atoms with Crippen molar-refractivity contribution in [2.75, 3.05) is 12.4 Å². The SMILES string of the molecule is CNc1ncc([N+](=O)[O-])c(OC2CCC(C)CC2)n1. The largest absolute Gasteiger partial charge is 0.469 e. The lowest BCUT2D eigenvalue weighted by Gasteiger charge is -2.26. The van der Waals surface area contributed by atoms with Crippen LogP contribution in [0.1, 0.15) is 32.6 Å². The summed E-state index contributed by atoms with van der Waals surface area (Å²) in [6.07, 6.45) is 5.19. The first-order valence-electron chi connectivity index (χ1n) is 6.46. The van der Waals surface area contributed by atoms with Crippen molar-refractivity contribution in [3.05, 3.63) is 16.3 Å². The van der Waals surface area contributed by atoms with Crippen molar-refractivity contribution in [3.8, 4) is 5.88 Å². The minimum Gasteiger partial charge on any atom is -0.469 e. The van der Waals surface area contributed by atoms with Crippen molar-refractivity contribution >= 4 is 11.6 Å². The second-order valence-electron chi connectivity index (χ2n) is 4.89. The molecule has 1 aromatic rings. The molecule has 1 heterocycles. The van der Waals surface area contributed by atoms with E-state index in [4.69, 9.17) is 4.74 Å². The van der Waals surface area contributed by atoms with Crippen molar-refractivity contribution in [2.45, 2.75) is 38.7 Å². The number of nitrogens with zero attached hydrogens (tertiary/aromatic N) is 3. The van der Waals surface area contributed by atoms with Crippen LogP contribution in [-0.2, 0) is 0 Å². The van der Waals surface area contributed by atoms with Gasteiger partial charge in [-0.3, -0.25) is 10.1 Å². The minimum atomic E-state index is -0.514. The molecule has 0 spiro atoms. The molecular weight excluding hydrogens is 248 g/mol. The van der Waals surface area contributed by atoms with E-state index in [9.17, 15) is 10.1 Å². The maximum atomic E-state index is 10.9. The summed E-state index contributed by atoms with van der Waals surface area (Å²) in [6.45, 7) is 2.21. The Bertz CT molecular complexity index is 458. The van der Waals surface area contributed by atoms with E-state index in [1.54, 1.807) is 7.05 Å². The standard InChI is InChI=1S/C12H18N4O3/c1-8-3-5-9(6-4-8)19-11-10(16(17)18)7-14-12(13-2)15-11/h7-9H,3-6H2,1-2H3,(H,13,14,15). The normalized spacial score (nSPS) is 22.8. The second-order valence-corrected chi connectivity index (χ2v) is 4.89. The van der Waals surface area contributed by atoms with E-state index in [1.807, 2.05) is 0 Å². The van der Waals surface area contributed by atoms with Gasteiger partial charge in [-0.15, -0.1) is 0 Å². The molecule has 1 aromatic heterocycles. The molecule has 7 heteroatoms. The van der Waals surface area contributed by atoms with Crippen LogP contribution in [0.2, 0.25) is 0 Å². The predicted octanol–water partition coefficient (Wildman–Crippen LogP) is 2.38. The molecule has 104 valence electrons. The first-order chi connectivity index (χ1) is 9.10. The quantitative estimate of drug-likeness (QED) is 0.664. The van der Waals surface area contributed by atoms with Crippen molar-refractivity contribution in [1.29, 1.82) is 0 Å². The predicted molar refractivity (Wildman–Crippen MR) is 70.3 cm³/mol. The Balaban J connectivity index is 2.15. The summed E-state index contributed by atoms with van der Waals surface area (Å²) < 4.78 is 5.71. The van der Waals surface area contributed by atoms with Crippen LogP contribution in [0.15, 0.2) is 6.20 Å². The van der Waals surface area contributed by atoms with Gasteiger partial charge in [0, 0.05) is 7.05 Å². The molecule has 2 rings (SSSR count). The van der Waals surface area contributed by atoms with Crippen LogP contribution in [0.3, 0.4) is 0 Å². The van der Waals surface area contributed by atoms with Crippen LogP contribution >= 0.6 is 0 Å². The van der Waals surface area contributed by atoms with Gasteiger partial charge in [0.15, 0.2) is 0 Å². The van der Waals surface area contributed by atoms with E-state index in [-0.39, 0.29) is 17.7 Å². The van der Waals surface area contributed by atoms with E-state index in [2.05, 4.69) is 22.2 Å². The van der Waals surface area contributed by atoms with Gasteiger partial charge in [-0.05, 0) is 31.6 Å². The fourth-order valence-corrected chi connectivity index (χ4v) is 2.20. The Hall–Kier alpha value is -1.92. The highest BCUT2D eigenvalue weighted by atomic mass is 16.6. The van der Waals surface area contributed by atoms with E-state index in [1.165, 1.54) is 6.20 Å². The Morgan fingerprint density at radius 3 is 2.68 bits per heavy atom. The number of aromatic nitrogens is 2. The van der Waals surface area contributed by atoms with Gasteiger partial charge in [-0.25, -0.2) is 4.98 Å². The Morgan fingerprint density at radius 1 is 1.42 bits per heavy atom. The smallest absolute Gasteiger partial charge is 0.349 e. The zero-order valence-corrected chi connectivity index (χ0v) is 11.1. The molecule has 0 radical (unpaired) electrons.